The molecule has 1 aliphatic rings. The van der Waals surface area contributed by atoms with Gasteiger partial charge in [0.1, 0.15) is 17.7 Å². The molecule has 0 aromatic heterocycles. The average Bonchev–Trinajstić information content (AvgIpc) is 2.46. The third-order valence-electron chi connectivity index (χ3n) is 3.27. The van der Waals surface area contributed by atoms with Crippen molar-refractivity contribution in [2.75, 3.05) is 18.1 Å². The monoisotopic (exact) mass is 313 g/mol. The fourth-order valence-corrected chi connectivity index (χ4v) is 3.16. The van der Waals surface area contributed by atoms with Crippen molar-refractivity contribution in [3.63, 3.8) is 0 Å². The first-order chi connectivity index (χ1) is 10.1. The van der Waals surface area contributed by atoms with Crippen LogP contribution in [0.15, 0.2) is 29.8 Å². The zero-order valence-electron chi connectivity index (χ0n) is 11.4. The van der Waals surface area contributed by atoms with E-state index in [-0.39, 0.29) is 12.5 Å². The number of aliphatic hydroxyl groups excluding tert-OH is 1. The zero-order chi connectivity index (χ0) is 15.2. The zero-order valence-corrected chi connectivity index (χ0v) is 12.3. The molecule has 1 fully saturated rings. The minimum Gasteiger partial charge on any atom is -0.386 e. The molecule has 1 aromatic carbocycles. The molecule has 2 rings (SSSR count). The van der Waals surface area contributed by atoms with Gasteiger partial charge in [0.25, 0.3) is 0 Å². The van der Waals surface area contributed by atoms with Gasteiger partial charge >= 0.3 is 0 Å². The quantitative estimate of drug-likeness (QED) is 0.840. The average molecular weight is 313 g/mol. The molecule has 0 radical (unpaired) electrons. The van der Waals surface area contributed by atoms with Crippen LogP contribution in [0.2, 0.25) is 0 Å². The third-order valence-corrected chi connectivity index (χ3v) is 4.26. The Labute approximate surface area is 126 Å². The number of nitrogens with one attached hydrogen (secondary N) is 1. The van der Waals surface area contributed by atoms with Crippen molar-refractivity contribution in [1.29, 1.82) is 0 Å². The van der Waals surface area contributed by atoms with E-state index in [0.717, 1.165) is 42.1 Å². The van der Waals surface area contributed by atoms with E-state index in [1.807, 2.05) is 11.8 Å². The maximum atomic E-state index is 13.5. The van der Waals surface area contributed by atoms with Crippen molar-refractivity contribution < 1.29 is 18.7 Å². The van der Waals surface area contributed by atoms with Crippen LogP contribution in [0, 0.1) is 11.6 Å². The maximum absolute atomic E-state index is 13.5. The van der Waals surface area contributed by atoms with Gasteiger partial charge in [-0.25, -0.2) is 8.78 Å². The summed E-state index contributed by atoms with van der Waals surface area (Å²) in [7, 11) is 0. The number of rotatable bonds is 4. The molecule has 0 saturated carbocycles. The molecule has 1 amide bonds. The summed E-state index contributed by atoms with van der Waals surface area (Å²) in [6.07, 6.45) is 1.87. The summed E-state index contributed by atoms with van der Waals surface area (Å²) in [6.45, 7) is -0.227. The molecule has 0 spiro atoms. The van der Waals surface area contributed by atoms with E-state index in [2.05, 4.69) is 5.32 Å². The smallest absolute Gasteiger partial charge is 0.244 e. The van der Waals surface area contributed by atoms with Crippen molar-refractivity contribution in [2.45, 2.75) is 18.9 Å². The normalized spacial score (nSPS) is 16.4. The largest absolute Gasteiger partial charge is 0.386 e. The predicted molar refractivity (Wildman–Crippen MR) is 79.0 cm³/mol. The van der Waals surface area contributed by atoms with Crippen molar-refractivity contribution in [3.05, 3.63) is 47.0 Å². The fourth-order valence-electron chi connectivity index (χ4n) is 2.14. The Kier molecular flexibility index (Phi) is 5.76. The Morgan fingerprint density at radius 3 is 2.57 bits per heavy atom. The summed E-state index contributed by atoms with van der Waals surface area (Å²) < 4.78 is 26.9. The molecule has 114 valence electrons. The molecule has 0 bridgehead atoms. The van der Waals surface area contributed by atoms with Gasteiger partial charge in [-0.3, -0.25) is 4.79 Å². The summed E-state index contributed by atoms with van der Waals surface area (Å²) in [5.41, 5.74) is 0.650. The van der Waals surface area contributed by atoms with E-state index in [4.69, 9.17) is 0 Å². The lowest BCUT2D eigenvalue weighted by molar-refractivity contribution is -0.117. The summed E-state index contributed by atoms with van der Waals surface area (Å²) in [6, 6.07) is 3.38. The van der Waals surface area contributed by atoms with Crippen LogP contribution in [0.4, 0.5) is 8.78 Å². The van der Waals surface area contributed by atoms with Gasteiger partial charge in [-0.05, 0) is 36.5 Å². The number of benzene rings is 1. The summed E-state index contributed by atoms with van der Waals surface area (Å²) in [5.74, 6) is 0.0242. The highest BCUT2D eigenvalue weighted by Crippen LogP contribution is 2.22. The molecule has 3 nitrogen and oxygen atoms in total. The molecule has 1 atom stereocenters. The van der Waals surface area contributed by atoms with Crippen LogP contribution < -0.4 is 5.32 Å². The molecular weight excluding hydrogens is 296 g/mol. The SMILES string of the molecule is O=C(C=C1CCSCC1)NCC(O)c1c(F)cccc1F. The second kappa shape index (κ2) is 7.56. The van der Waals surface area contributed by atoms with E-state index in [0.29, 0.717) is 0 Å². The van der Waals surface area contributed by atoms with E-state index in [9.17, 15) is 18.7 Å². The lowest BCUT2D eigenvalue weighted by Gasteiger charge is -2.15. The van der Waals surface area contributed by atoms with E-state index < -0.39 is 23.3 Å². The first-order valence-corrected chi connectivity index (χ1v) is 7.90. The van der Waals surface area contributed by atoms with Gasteiger partial charge in [0.15, 0.2) is 0 Å². The number of carbonyl (C=O) groups excluding carboxylic acids is 1. The van der Waals surface area contributed by atoms with Crippen LogP contribution in [0.25, 0.3) is 0 Å². The van der Waals surface area contributed by atoms with Crippen LogP contribution >= 0.6 is 11.8 Å². The highest BCUT2D eigenvalue weighted by Gasteiger charge is 2.18. The van der Waals surface area contributed by atoms with Gasteiger partial charge in [0.05, 0.1) is 5.56 Å². The minimum absolute atomic E-state index is 0.227. The molecule has 1 saturated heterocycles. The maximum Gasteiger partial charge on any atom is 0.244 e. The summed E-state index contributed by atoms with van der Waals surface area (Å²) in [4.78, 5) is 11.7. The second-order valence-electron chi connectivity index (χ2n) is 4.81. The van der Waals surface area contributed by atoms with Crippen molar-refractivity contribution >= 4 is 17.7 Å². The van der Waals surface area contributed by atoms with Crippen molar-refractivity contribution in [1.82, 2.24) is 5.32 Å². The van der Waals surface area contributed by atoms with Crippen molar-refractivity contribution in [3.8, 4) is 0 Å². The molecule has 2 N–H and O–H groups in total. The standard InChI is InChI=1S/C15H17F2NO2S/c16-11-2-1-3-12(17)15(11)13(19)9-18-14(20)8-10-4-6-21-7-5-10/h1-3,8,13,19H,4-7,9H2,(H,18,20). The van der Waals surface area contributed by atoms with Gasteiger partial charge in [-0.15, -0.1) is 0 Å². The number of hydrogen-bond donors (Lipinski definition) is 2. The van der Waals surface area contributed by atoms with Gasteiger partial charge in [-0.2, -0.15) is 11.8 Å². The number of thioether (sulfide) groups is 1. The third kappa shape index (κ3) is 4.54. The number of allylic oxidation sites excluding steroid dienone is 1. The Balaban J connectivity index is 1.91. The van der Waals surface area contributed by atoms with Crippen LogP contribution in [-0.4, -0.2) is 29.1 Å². The van der Waals surface area contributed by atoms with Crippen LogP contribution in [0.3, 0.4) is 0 Å². The second-order valence-corrected chi connectivity index (χ2v) is 6.04. The fraction of sp³-hybridized carbons (Fsp3) is 0.400. The lowest BCUT2D eigenvalue weighted by Crippen LogP contribution is -2.28. The molecule has 6 heteroatoms. The topological polar surface area (TPSA) is 49.3 Å². The van der Waals surface area contributed by atoms with Crippen LogP contribution in [0.5, 0.6) is 0 Å². The van der Waals surface area contributed by atoms with Gasteiger partial charge in [0, 0.05) is 12.6 Å². The van der Waals surface area contributed by atoms with Gasteiger partial charge in [0.2, 0.25) is 5.91 Å². The lowest BCUT2D eigenvalue weighted by atomic mass is 10.1. The predicted octanol–water partition coefficient (Wildman–Crippen LogP) is 2.57. The first kappa shape index (κ1) is 16.0. The Morgan fingerprint density at radius 2 is 1.95 bits per heavy atom. The number of carbonyl (C=O) groups is 1. The number of aliphatic hydroxyl groups is 1. The highest BCUT2D eigenvalue weighted by molar-refractivity contribution is 7.99. The van der Waals surface area contributed by atoms with Crippen molar-refractivity contribution in [2.24, 2.45) is 0 Å². The molecule has 0 aliphatic carbocycles. The molecular formula is C15H17F2NO2S. The molecule has 1 unspecified atom stereocenters. The molecule has 1 heterocycles. The van der Waals surface area contributed by atoms with E-state index in [1.54, 1.807) is 0 Å². The van der Waals surface area contributed by atoms with E-state index >= 15 is 0 Å². The number of amides is 1. The van der Waals surface area contributed by atoms with Crippen LogP contribution in [-0.2, 0) is 4.79 Å². The number of halogens is 2. The first-order valence-electron chi connectivity index (χ1n) is 6.75. The van der Waals surface area contributed by atoms with E-state index in [1.165, 1.54) is 12.1 Å². The van der Waals surface area contributed by atoms with Gasteiger partial charge < -0.3 is 10.4 Å². The minimum atomic E-state index is -1.41. The van der Waals surface area contributed by atoms with Crippen LogP contribution in [0.1, 0.15) is 24.5 Å². The Bertz CT molecular complexity index is 520. The van der Waals surface area contributed by atoms with Gasteiger partial charge in [-0.1, -0.05) is 11.6 Å². The Hall–Kier alpha value is -1.40. The molecule has 1 aromatic rings. The Morgan fingerprint density at radius 1 is 1.33 bits per heavy atom. The molecule has 1 aliphatic heterocycles. The summed E-state index contributed by atoms with van der Waals surface area (Å²) in [5, 5.41) is 12.3. The molecule has 21 heavy (non-hydrogen) atoms. The highest BCUT2D eigenvalue weighted by atomic mass is 32.2. The summed E-state index contributed by atoms with van der Waals surface area (Å²) >= 11 is 1.85. The number of hydrogen-bond acceptors (Lipinski definition) is 3.